The molecule has 2 aromatic heterocycles. The Kier molecular flexibility index (Phi) is 4.40. The second kappa shape index (κ2) is 5.20. The van der Waals surface area contributed by atoms with Crippen molar-refractivity contribution in [2.75, 3.05) is 0 Å². The molecule has 5 nitrogen and oxygen atoms in total. The summed E-state index contributed by atoms with van der Waals surface area (Å²) in [6.45, 7) is 1.77. The molecule has 0 unspecified atom stereocenters. The van der Waals surface area contributed by atoms with Gasteiger partial charge in [0.1, 0.15) is 5.97 Å². The van der Waals surface area contributed by atoms with Crippen LogP contribution in [0.4, 0.5) is 0 Å². The van der Waals surface area contributed by atoms with Crippen molar-refractivity contribution in [3.05, 3.63) is 29.7 Å². The molecule has 0 spiro atoms. The summed E-state index contributed by atoms with van der Waals surface area (Å²) < 4.78 is 0. The zero-order valence-corrected chi connectivity index (χ0v) is 12.0. The van der Waals surface area contributed by atoms with Gasteiger partial charge in [0.25, 0.3) is 0 Å². The van der Waals surface area contributed by atoms with Crippen LogP contribution in [0.3, 0.4) is 0 Å². The molecule has 76 valence electrons. The average Bonchev–Trinajstić information content (AvgIpc) is 2.61. The minimum Gasteiger partial charge on any atom is -0.541 e. The van der Waals surface area contributed by atoms with E-state index in [0.29, 0.717) is 16.6 Å². The maximum absolute atomic E-state index is 11.2. The molecule has 0 aliphatic rings. The van der Waals surface area contributed by atoms with Gasteiger partial charge in [0, 0.05) is 23.3 Å². The number of carboxylic acid groups (broad SMARTS) is 1. The van der Waals surface area contributed by atoms with E-state index in [1.807, 2.05) is 0 Å². The standard InChI is InChI=1S/C10H8N2O3.K/c1-5-8-6(2-3-11-5)7(4-12-8)9(13)10(14)15;/h2-4,12H,1H3,(H,14,15);/q;+1/p-1. The molecule has 0 aliphatic carbocycles. The quantitative estimate of drug-likeness (QED) is 0.341. The Morgan fingerprint density at radius 1 is 1.44 bits per heavy atom. The molecule has 16 heavy (non-hydrogen) atoms. The van der Waals surface area contributed by atoms with Gasteiger partial charge in [-0.25, -0.2) is 0 Å². The van der Waals surface area contributed by atoms with Crippen LogP contribution >= 0.6 is 0 Å². The van der Waals surface area contributed by atoms with E-state index in [-0.39, 0.29) is 56.9 Å². The van der Waals surface area contributed by atoms with Crippen LogP contribution in [0.5, 0.6) is 0 Å². The predicted molar refractivity (Wildman–Crippen MR) is 50.2 cm³/mol. The van der Waals surface area contributed by atoms with Crippen LogP contribution in [0.2, 0.25) is 0 Å². The Bertz CT molecular complexity index is 562. The molecular weight excluding hydrogens is 235 g/mol. The molecule has 1 N–H and O–H groups in total. The van der Waals surface area contributed by atoms with Crippen molar-refractivity contribution in [2.45, 2.75) is 6.92 Å². The summed E-state index contributed by atoms with van der Waals surface area (Å²) in [7, 11) is 0. The number of rotatable bonds is 2. The number of carbonyl (C=O) groups excluding carboxylic acids is 2. The van der Waals surface area contributed by atoms with E-state index in [2.05, 4.69) is 9.97 Å². The molecule has 6 heteroatoms. The van der Waals surface area contributed by atoms with Crippen LogP contribution < -0.4 is 56.5 Å². The normalized spacial score (nSPS) is 9.81. The molecule has 2 aromatic rings. The first-order valence-corrected chi connectivity index (χ1v) is 4.29. The zero-order chi connectivity index (χ0) is 11.0. The minimum absolute atomic E-state index is 0. The molecule has 0 atom stereocenters. The summed E-state index contributed by atoms with van der Waals surface area (Å²) in [6.07, 6.45) is 2.88. The summed E-state index contributed by atoms with van der Waals surface area (Å²) in [6, 6.07) is 1.59. The van der Waals surface area contributed by atoms with Crippen LogP contribution in [0, 0.1) is 6.92 Å². The van der Waals surface area contributed by atoms with Gasteiger partial charge < -0.3 is 14.9 Å². The van der Waals surface area contributed by atoms with Crippen molar-refractivity contribution in [2.24, 2.45) is 0 Å². The van der Waals surface area contributed by atoms with E-state index in [1.54, 1.807) is 13.0 Å². The number of carboxylic acids is 1. The van der Waals surface area contributed by atoms with Crippen molar-refractivity contribution < 1.29 is 66.1 Å². The van der Waals surface area contributed by atoms with E-state index in [4.69, 9.17) is 0 Å². The van der Waals surface area contributed by atoms with Crippen molar-refractivity contribution in [3.8, 4) is 0 Å². The number of hydrogen-bond acceptors (Lipinski definition) is 4. The molecule has 2 heterocycles. The van der Waals surface area contributed by atoms with Crippen molar-refractivity contribution in [1.29, 1.82) is 0 Å². The number of aromatic nitrogens is 2. The molecule has 0 amide bonds. The van der Waals surface area contributed by atoms with Crippen molar-refractivity contribution in [3.63, 3.8) is 0 Å². The molecule has 0 aliphatic heterocycles. The topological polar surface area (TPSA) is 85.9 Å². The number of hydrogen-bond donors (Lipinski definition) is 1. The molecule has 2 rings (SSSR count). The molecule has 0 radical (unpaired) electrons. The first-order chi connectivity index (χ1) is 7.11. The fourth-order valence-electron chi connectivity index (χ4n) is 1.49. The number of aryl methyl sites for hydroxylation is 1. The van der Waals surface area contributed by atoms with Crippen molar-refractivity contribution in [1.82, 2.24) is 9.97 Å². The summed E-state index contributed by atoms with van der Waals surface area (Å²) in [4.78, 5) is 28.5. The first-order valence-electron chi connectivity index (χ1n) is 4.29. The number of ketones is 1. The zero-order valence-electron chi connectivity index (χ0n) is 8.90. The van der Waals surface area contributed by atoms with E-state index in [0.717, 1.165) is 0 Å². The van der Waals surface area contributed by atoms with Crippen LogP contribution in [-0.4, -0.2) is 21.7 Å². The summed E-state index contributed by atoms with van der Waals surface area (Å²) in [5.74, 6) is -2.72. The predicted octanol–water partition coefficient (Wildman–Crippen LogP) is -3.19. The third-order valence-corrected chi connectivity index (χ3v) is 2.22. The van der Waals surface area contributed by atoms with Crippen molar-refractivity contribution >= 4 is 22.7 Å². The monoisotopic (exact) mass is 242 g/mol. The van der Waals surface area contributed by atoms with Crippen LogP contribution in [0.25, 0.3) is 10.9 Å². The van der Waals surface area contributed by atoms with Gasteiger partial charge in [0.15, 0.2) is 0 Å². The molecule has 0 saturated heterocycles. The van der Waals surface area contributed by atoms with Gasteiger partial charge in [0.05, 0.1) is 11.2 Å². The third-order valence-electron chi connectivity index (χ3n) is 2.22. The average molecular weight is 242 g/mol. The van der Waals surface area contributed by atoms with Gasteiger partial charge in [-0.3, -0.25) is 9.78 Å². The Morgan fingerprint density at radius 2 is 2.12 bits per heavy atom. The fraction of sp³-hybridized carbons (Fsp3) is 0.100. The van der Waals surface area contributed by atoms with Gasteiger partial charge in [-0.15, -0.1) is 0 Å². The Hall–Kier alpha value is -0.534. The van der Waals surface area contributed by atoms with Gasteiger partial charge in [-0.1, -0.05) is 0 Å². The summed E-state index contributed by atoms with van der Waals surface area (Å²) >= 11 is 0. The number of pyridine rings is 1. The maximum Gasteiger partial charge on any atom is 1.00 e. The fourth-order valence-corrected chi connectivity index (χ4v) is 1.49. The Morgan fingerprint density at radius 3 is 2.75 bits per heavy atom. The second-order valence-electron chi connectivity index (χ2n) is 3.14. The van der Waals surface area contributed by atoms with Crippen LogP contribution in [-0.2, 0) is 4.79 Å². The number of Topliss-reactive ketones (excluding diaryl/α,β-unsaturated/α-hetero) is 1. The molecule has 0 bridgehead atoms. The maximum atomic E-state index is 11.2. The number of H-pyrrole nitrogens is 1. The van der Waals surface area contributed by atoms with Gasteiger partial charge >= 0.3 is 51.4 Å². The van der Waals surface area contributed by atoms with Gasteiger partial charge in [-0.2, -0.15) is 0 Å². The summed E-state index contributed by atoms with van der Waals surface area (Å²) in [5.41, 5.74) is 1.49. The third kappa shape index (κ3) is 2.25. The molecule has 0 aromatic carbocycles. The number of carbonyl (C=O) groups is 2. The Balaban J connectivity index is 0.00000128. The van der Waals surface area contributed by atoms with Gasteiger partial charge in [-0.05, 0) is 13.0 Å². The number of nitrogens with zero attached hydrogens (tertiary/aromatic N) is 1. The van der Waals surface area contributed by atoms with E-state index < -0.39 is 11.8 Å². The summed E-state index contributed by atoms with van der Waals surface area (Å²) in [5, 5.41) is 11.0. The SMILES string of the molecule is Cc1nccc2c(C(=O)C(=O)[O-])c[nH]c12.[K+]. The van der Waals surface area contributed by atoms with Crippen LogP contribution in [0.1, 0.15) is 16.1 Å². The number of fused-ring (bicyclic) bond motifs is 1. The largest absolute Gasteiger partial charge is 1.00 e. The van der Waals surface area contributed by atoms with E-state index in [1.165, 1.54) is 12.4 Å². The minimum atomic E-state index is -1.70. The first kappa shape index (κ1) is 13.5. The molecular formula is C10H7KN2O3. The second-order valence-corrected chi connectivity index (χ2v) is 3.14. The van der Waals surface area contributed by atoms with E-state index >= 15 is 0 Å². The Labute approximate surface area is 134 Å². The number of nitrogens with one attached hydrogen (secondary N) is 1. The number of aliphatic carboxylic acids is 1. The molecule has 0 saturated carbocycles. The molecule has 0 fully saturated rings. The van der Waals surface area contributed by atoms with Gasteiger partial charge in [0.2, 0.25) is 5.78 Å². The van der Waals surface area contributed by atoms with E-state index in [9.17, 15) is 14.7 Å². The number of aromatic amines is 1. The smallest absolute Gasteiger partial charge is 0.541 e. The van der Waals surface area contributed by atoms with Crippen LogP contribution in [0.15, 0.2) is 18.5 Å².